The van der Waals surface area contributed by atoms with Crippen LogP contribution in [-0.4, -0.2) is 11.3 Å². The summed E-state index contributed by atoms with van der Waals surface area (Å²) in [6.07, 6.45) is 0. The molecule has 0 unspecified atom stereocenters. The van der Waals surface area contributed by atoms with Crippen molar-refractivity contribution in [3.05, 3.63) is 0 Å². The average molecular weight is 2130 g/mol. The second kappa shape index (κ2) is 25.7. The summed E-state index contributed by atoms with van der Waals surface area (Å²) in [5, 5.41) is 0. The molecule has 3 N–H and O–H groups in total. The maximum Gasteiger partial charge on any atom is 1.00 e. The minimum Gasteiger partial charge on any atom is 1.00 e. The molecule has 0 aromatic rings. The van der Waals surface area contributed by atoms with Crippen LogP contribution in [0.5, 0.6) is 0 Å². The molecule has 0 saturated carbocycles. The third-order valence-corrected chi connectivity index (χ3v) is 62.5. The third kappa shape index (κ3) is 36.7. The second-order valence-corrected chi connectivity index (χ2v) is 56.1. The topological polar surface area (TPSA) is 598 Å². The fourth-order valence-electron chi connectivity index (χ4n) is 1.41. The molecule has 0 aliphatic carbocycles. The van der Waals surface area contributed by atoms with Crippen LogP contribution in [0, 0.1) is 0 Å². The molecule has 0 spiro atoms. The number of hydrogen-bond acceptors (Lipinski definition) is 37. The zero-order valence-corrected chi connectivity index (χ0v) is 65.9. The largest absolute Gasteiger partial charge is 1.00 e. The Morgan fingerprint density at radius 1 is 0.268 bits per heavy atom. The molecule has 0 aliphatic heterocycles. The van der Waals surface area contributed by atoms with Gasteiger partial charge in [-0.1, -0.05) is 0 Å². The number of phosphoric acid groups is 1. The standard InChI is InChI=1S/Cs.12Mo.H3O4P.3H2O.33O.2Rb/c;;;;;;;;;;;;;1-5(2,3)4;;;;;;;;;;;;;;;;;;;;;;;;;;;;;;;;;;;;;;/h;;;;;;;;;;;;;(H3,1,2,3,4);3*1H2;;;;;;;;;;;;;;;;;;;;;;;;;;;;;;;;;;;/q+1;;;;;;;6*+1;;;;;;;;;;;;;;;;;;;;;;;;;;;;;;;;;;;;;;2*+1/p-6. The van der Waals surface area contributed by atoms with Crippen LogP contribution in [0.25, 0.3) is 0 Å². The van der Waals surface area contributed by atoms with Gasteiger partial charge < -0.3 is 0 Å². The van der Waals surface area contributed by atoms with Crippen molar-refractivity contribution in [2.45, 2.75) is 0 Å². The fourth-order valence-corrected chi connectivity index (χ4v) is 60.4. The fraction of sp³-hybridized carbons (Fsp3) is 0. The van der Waals surface area contributed by atoms with Gasteiger partial charge in [-0.05, 0) is 0 Å². The summed E-state index contributed by atoms with van der Waals surface area (Å²) in [4.78, 5) is 0. The Labute approximate surface area is 503 Å². The monoisotopic (exact) mass is 2150 g/mol. The predicted octanol–water partition coefficient (Wildman–Crippen LogP) is -13.6. The van der Waals surface area contributed by atoms with Crippen molar-refractivity contribution in [2.24, 2.45) is 0 Å². The Morgan fingerprint density at radius 3 is 0.536 bits per heavy atom. The van der Waals surface area contributed by atoms with Crippen molar-refractivity contribution in [1.29, 1.82) is 0 Å². The summed E-state index contributed by atoms with van der Waals surface area (Å²) in [7, 11) is -7.91. The van der Waals surface area contributed by atoms with Crippen LogP contribution in [-0.2, 0) is 315 Å². The Bertz CT molecular complexity index is 2520. The minimum absolute atomic E-state index is 0. The van der Waals surface area contributed by atoms with Gasteiger partial charge in [0.15, 0.2) is 0 Å². The number of rotatable bonds is 24. The zero-order chi connectivity index (χ0) is 43.0. The molecule has 320 valence electrons. The van der Waals surface area contributed by atoms with Crippen molar-refractivity contribution in [3.8, 4) is 0 Å². The average Bonchev–Trinajstić information content (AvgIpc) is 2.58. The van der Waals surface area contributed by atoms with Crippen molar-refractivity contribution in [3.63, 3.8) is 0 Å². The predicted molar refractivity (Wildman–Crippen MR) is 43.8 cm³/mol. The molecule has 0 atom stereocenters. The normalized spacial score (nSPS) is 14.8. The van der Waals surface area contributed by atoms with Gasteiger partial charge in [0.05, 0.1) is 0 Å². The van der Waals surface area contributed by atoms with E-state index in [0.29, 0.717) is 0 Å². The number of hydrogen-bond donors (Lipinski definition) is 3. The van der Waals surface area contributed by atoms with Crippen molar-refractivity contribution >= 4 is 7.82 Å². The van der Waals surface area contributed by atoms with Crippen molar-refractivity contribution < 1.29 is 512 Å². The molecule has 0 amide bonds. The van der Waals surface area contributed by atoms with Crippen LogP contribution in [0.4, 0.5) is 0 Å². The maximum absolute atomic E-state index is 12.8. The molecule has 56 heavy (non-hydrogen) atoms. The molecular weight excluding hydrogens is 2130 g/mol. The van der Waals surface area contributed by atoms with Gasteiger partial charge in [0, 0.05) is 0 Å². The SMILES string of the molecule is O=P([O][Mo](=[O])(=[O])[O][Mo](=[O])(=[O])[O][Mo](=[O])(=[O])[O][Mo](=[O])(=[O])[OH])([O][Mo](=[O])(=[O])[O][Mo](=[O])(=[O])[O][Mo](=[O])(=[O])[O][Mo](=[O])(=[O])[OH])[O][Mo](=[O])(=[O])[O][Mo](=[O])(=[O])[O][Mo](=[O])(=[O])[O][Mo](=[O])(=[O])[OH].[Cs+].[Rb+].[Rb+]. The second-order valence-electron chi connectivity index (χ2n) is 6.24. The van der Waals surface area contributed by atoms with E-state index in [2.05, 4.69) is 27.9 Å². The summed E-state index contributed by atoms with van der Waals surface area (Å²) < 4.78 is 347. The molecule has 0 bridgehead atoms. The first-order chi connectivity index (χ1) is 22.5. The van der Waals surface area contributed by atoms with E-state index in [1.54, 1.807) is 0 Å². The van der Waals surface area contributed by atoms with Gasteiger partial charge in [-0.3, -0.25) is 0 Å². The molecule has 0 heterocycles. The van der Waals surface area contributed by atoms with Crippen LogP contribution < -0.4 is 185 Å². The van der Waals surface area contributed by atoms with Crippen LogP contribution in [0.3, 0.4) is 0 Å². The quantitative estimate of drug-likeness (QED) is 0.0597. The van der Waals surface area contributed by atoms with Gasteiger partial charge in [0.2, 0.25) is 0 Å². The van der Waals surface area contributed by atoms with Gasteiger partial charge in [0.1, 0.15) is 0 Å². The molecular formula is H3CsMo12O40PRb2+3. The maximum atomic E-state index is 12.8. The summed E-state index contributed by atoms with van der Waals surface area (Å²) in [5.74, 6) is 0. The van der Waals surface area contributed by atoms with Crippen molar-refractivity contribution in [1.82, 2.24) is 0 Å². The first-order valence-electron chi connectivity index (χ1n) is 8.78. The molecule has 0 aromatic heterocycles. The van der Waals surface area contributed by atoms with Crippen molar-refractivity contribution in [2.75, 3.05) is 0 Å². The summed E-state index contributed by atoms with van der Waals surface area (Å²) >= 11 is -97.4. The van der Waals surface area contributed by atoms with E-state index in [0.717, 1.165) is 0 Å². The third-order valence-electron chi connectivity index (χ3n) is 2.06. The molecule has 0 radical (unpaired) electrons. The van der Waals surface area contributed by atoms with E-state index in [1.165, 1.54) is 0 Å². The summed E-state index contributed by atoms with van der Waals surface area (Å²) in [6, 6.07) is 0. The molecule has 56 heteroatoms. The van der Waals surface area contributed by atoms with E-state index in [1.807, 2.05) is 0 Å². The van der Waals surface area contributed by atoms with E-state index in [9.17, 15) is 86.1 Å². The Kier molecular flexibility index (Phi) is 32.8. The first kappa shape index (κ1) is 71.3. The zero-order valence-electron chi connectivity index (χ0n) is 24.8. The smallest absolute Gasteiger partial charge is 1.00 e. The van der Waals surface area contributed by atoms with Crippen LogP contribution >= 0.6 is 7.82 Å². The van der Waals surface area contributed by atoms with Crippen LogP contribution in [0.2, 0.25) is 0 Å². The first-order valence-corrected chi connectivity index (χ1v) is 49.8. The van der Waals surface area contributed by atoms with E-state index in [-0.39, 0.29) is 185 Å². The van der Waals surface area contributed by atoms with Gasteiger partial charge in [0.25, 0.3) is 0 Å². The molecule has 0 rings (SSSR count). The van der Waals surface area contributed by atoms with Gasteiger partial charge in [-0.15, -0.1) is 0 Å². The molecule has 0 fully saturated rings. The van der Waals surface area contributed by atoms with Crippen LogP contribution in [0.1, 0.15) is 0 Å². The van der Waals surface area contributed by atoms with E-state index < -0.39 is 209 Å². The Balaban J connectivity index is -0.00000451. The van der Waals surface area contributed by atoms with E-state index in [4.69, 9.17) is 11.3 Å². The Morgan fingerprint density at radius 2 is 0.393 bits per heavy atom. The molecule has 40 nitrogen and oxygen atoms in total. The molecule has 0 saturated heterocycles. The van der Waals surface area contributed by atoms with Gasteiger partial charge in [-0.2, -0.15) is 0 Å². The molecule has 0 aliphatic rings. The van der Waals surface area contributed by atoms with E-state index >= 15 is 0 Å². The van der Waals surface area contributed by atoms with Gasteiger partial charge >= 0.3 is 519 Å². The molecule has 0 aromatic carbocycles. The Hall–Kier alpha value is 8.75. The van der Waals surface area contributed by atoms with Gasteiger partial charge in [-0.25, -0.2) is 0 Å². The summed E-state index contributed by atoms with van der Waals surface area (Å²) in [6.45, 7) is 0. The van der Waals surface area contributed by atoms with Crippen LogP contribution in [0.15, 0.2) is 0 Å². The minimum atomic E-state index is -8.79. The summed E-state index contributed by atoms with van der Waals surface area (Å²) in [5.41, 5.74) is 0.